The van der Waals surface area contributed by atoms with Gasteiger partial charge in [-0.1, -0.05) is 13.8 Å². The predicted molar refractivity (Wildman–Crippen MR) is 97.5 cm³/mol. The first-order chi connectivity index (χ1) is 11.5. The molecule has 0 radical (unpaired) electrons. The van der Waals surface area contributed by atoms with Gasteiger partial charge in [-0.2, -0.15) is 5.10 Å². The summed E-state index contributed by atoms with van der Waals surface area (Å²) in [5, 5.41) is 4.71. The minimum absolute atomic E-state index is 0.225. The summed E-state index contributed by atoms with van der Waals surface area (Å²) in [6.07, 6.45) is 3.98. The van der Waals surface area contributed by atoms with Gasteiger partial charge in [-0.3, -0.25) is 4.79 Å². The first-order valence-electron chi connectivity index (χ1n) is 7.62. The van der Waals surface area contributed by atoms with Crippen LogP contribution in [0.1, 0.15) is 30.9 Å². The van der Waals surface area contributed by atoms with Crippen LogP contribution in [-0.4, -0.2) is 15.9 Å². The third-order valence-electron chi connectivity index (χ3n) is 3.87. The molecule has 2 heterocycles. The summed E-state index contributed by atoms with van der Waals surface area (Å²) in [6, 6.07) is 10.2. The van der Waals surface area contributed by atoms with Crippen LogP contribution in [0.15, 0.2) is 47.1 Å². The molecule has 5 heteroatoms. The second kappa shape index (κ2) is 6.69. The van der Waals surface area contributed by atoms with Crippen LogP contribution in [0.2, 0.25) is 0 Å². The van der Waals surface area contributed by atoms with E-state index in [4.69, 9.17) is 5.10 Å². The highest BCUT2D eigenvalue weighted by Crippen LogP contribution is 2.34. The van der Waals surface area contributed by atoms with Crippen LogP contribution in [0.25, 0.3) is 22.9 Å². The Hall–Kier alpha value is -2.27. The number of carbonyl (C=O) groups is 1. The quantitative estimate of drug-likeness (QED) is 0.453. The van der Waals surface area contributed by atoms with E-state index in [0.717, 1.165) is 33.1 Å². The van der Waals surface area contributed by atoms with Gasteiger partial charge in [-0.25, -0.2) is 8.91 Å². The molecule has 0 atom stereocenters. The molecule has 0 N–H and O–H groups in total. The summed E-state index contributed by atoms with van der Waals surface area (Å²) in [7, 11) is 0. The Morgan fingerprint density at radius 3 is 2.50 bits per heavy atom. The number of aldehydes is 1. The number of hydrogen-bond acceptors (Lipinski definition) is 2. The van der Waals surface area contributed by atoms with Crippen molar-refractivity contribution in [2.24, 2.45) is 0 Å². The van der Waals surface area contributed by atoms with Crippen LogP contribution in [0.4, 0.5) is 4.39 Å². The van der Waals surface area contributed by atoms with Gasteiger partial charge in [0.2, 0.25) is 0 Å². The second-order valence-corrected chi connectivity index (χ2v) is 6.60. The van der Waals surface area contributed by atoms with E-state index in [1.807, 2.05) is 16.6 Å². The molecule has 3 rings (SSSR count). The van der Waals surface area contributed by atoms with Gasteiger partial charge in [-0.15, -0.1) is 0 Å². The standard InChI is InChI=1S/C19H16BrFN2O/c1-12(2)18-15(4-3-11-24)19(13-5-7-14(21)8-6-13)22-23-16(18)9-10-17(23)20/h3-12H,1-2H3/b4-3+. The highest BCUT2D eigenvalue weighted by Gasteiger charge is 2.18. The monoisotopic (exact) mass is 386 g/mol. The maximum absolute atomic E-state index is 13.3. The predicted octanol–water partition coefficient (Wildman–Crippen LogP) is 5.24. The lowest BCUT2D eigenvalue weighted by molar-refractivity contribution is -0.104. The molecule has 0 saturated carbocycles. The molecule has 0 amide bonds. The molecule has 0 aliphatic rings. The summed E-state index contributed by atoms with van der Waals surface area (Å²) in [4.78, 5) is 10.8. The van der Waals surface area contributed by atoms with E-state index in [1.54, 1.807) is 18.2 Å². The number of fused-ring (bicyclic) bond motifs is 1. The molecule has 0 saturated heterocycles. The molecule has 0 fully saturated rings. The van der Waals surface area contributed by atoms with Gasteiger partial charge in [-0.05, 0) is 76.0 Å². The smallest absolute Gasteiger partial charge is 0.142 e. The maximum Gasteiger partial charge on any atom is 0.142 e. The van der Waals surface area contributed by atoms with Gasteiger partial charge in [0, 0.05) is 11.1 Å². The average Bonchev–Trinajstić information content (AvgIpc) is 2.93. The van der Waals surface area contributed by atoms with E-state index in [9.17, 15) is 9.18 Å². The molecule has 0 aliphatic carbocycles. The highest BCUT2D eigenvalue weighted by atomic mass is 79.9. The van der Waals surface area contributed by atoms with E-state index in [0.29, 0.717) is 5.69 Å². The first kappa shape index (κ1) is 16.6. The van der Waals surface area contributed by atoms with E-state index < -0.39 is 0 Å². The van der Waals surface area contributed by atoms with Crippen molar-refractivity contribution in [3.63, 3.8) is 0 Å². The van der Waals surface area contributed by atoms with Crippen molar-refractivity contribution in [3.05, 3.63) is 64.0 Å². The van der Waals surface area contributed by atoms with Crippen molar-refractivity contribution in [2.45, 2.75) is 19.8 Å². The number of nitrogens with zero attached hydrogens (tertiary/aromatic N) is 2. The molecule has 0 bridgehead atoms. The van der Waals surface area contributed by atoms with Crippen molar-refractivity contribution >= 4 is 33.8 Å². The van der Waals surface area contributed by atoms with E-state index in [2.05, 4.69) is 29.8 Å². The largest absolute Gasteiger partial charge is 0.299 e. The lowest BCUT2D eigenvalue weighted by Crippen LogP contribution is -2.05. The number of aromatic nitrogens is 2. The molecule has 1 aromatic carbocycles. The summed E-state index contributed by atoms with van der Waals surface area (Å²) < 4.78 is 16.0. The molecule has 24 heavy (non-hydrogen) atoms. The van der Waals surface area contributed by atoms with Gasteiger partial charge >= 0.3 is 0 Å². The Balaban J connectivity index is 2.41. The van der Waals surface area contributed by atoms with Crippen molar-refractivity contribution in [1.29, 1.82) is 0 Å². The number of rotatable bonds is 4. The van der Waals surface area contributed by atoms with Crippen LogP contribution in [0.3, 0.4) is 0 Å². The van der Waals surface area contributed by atoms with Crippen LogP contribution in [0, 0.1) is 5.82 Å². The fourth-order valence-electron chi connectivity index (χ4n) is 2.86. The zero-order valence-electron chi connectivity index (χ0n) is 13.3. The third-order valence-corrected chi connectivity index (χ3v) is 4.47. The average molecular weight is 387 g/mol. The van der Waals surface area contributed by atoms with Crippen molar-refractivity contribution in [1.82, 2.24) is 9.61 Å². The molecule has 0 unspecified atom stereocenters. The Morgan fingerprint density at radius 2 is 1.88 bits per heavy atom. The number of allylic oxidation sites excluding steroid dienone is 1. The SMILES string of the molecule is CC(C)c1c(/C=C/C=O)c(-c2ccc(F)cc2)nn2c(Br)ccc12. The number of benzene rings is 1. The van der Waals surface area contributed by atoms with Crippen LogP contribution in [0.5, 0.6) is 0 Å². The lowest BCUT2D eigenvalue weighted by Gasteiger charge is -2.17. The molecular weight excluding hydrogens is 371 g/mol. The van der Waals surface area contributed by atoms with Gasteiger partial charge < -0.3 is 0 Å². The maximum atomic E-state index is 13.3. The Kier molecular flexibility index (Phi) is 4.62. The molecule has 3 nitrogen and oxygen atoms in total. The number of hydrogen-bond donors (Lipinski definition) is 0. The van der Waals surface area contributed by atoms with Gasteiger partial charge in [0.25, 0.3) is 0 Å². The summed E-state index contributed by atoms with van der Waals surface area (Å²) >= 11 is 3.51. The molecule has 2 aromatic heterocycles. The Labute approximate surface area is 147 Å². The summed E-state index contributed by atoms with van der Waals surface area (Å²) in [6.45, 7) is 4.20. The highest BCUT2D eigenvalue weighted by molar-refractivity contribution is 9.10. The molecule has 0 spiro atoms. The number of halogens is 2. The van der Waals surface area contributed by atoms with Crippen molar-refractivity contribution < 1.29 is 9.18 Å². The van der Waals surface area contributed by atoms with E-state index in [-0.39, 0.29) is 11.7 Å². The lowest BCUT2D eigenvalue weighted by atomic mass is 9.93. The van der Waals surface area contributed by atoms with Gasteiger partial charge in [0.15, 0.2) is 0 Å². The molecule has 3 aromatic rings. The third kappa shape index (κ3) is 2.91. The number of carbonyl (C=O) groups excluding carboxylic acids is 1. The summed E-state index contributed by atoms with van der Waals surface area (Å²) in [5.74, 6) is -0.0705. The fraction of sp³-hybridized carbons (Fsp3) is 0.158. The summed E-state index contributed by atoms with van der Waals surface area (Å²) in [5.41, 5.74) is 4.45. The van der Waals surface area contributed by atoms with Gasteiger partial charge in [0.1, 0.15) is 16.7 Å². The van der Waals surface area contributed by atoms with Crippen molar-refractivity contribution in [3.8, 4) is 11.3 Å². The fourth-order valence-corrected chi connectivity index (χ4v) is 3.26. The van der Waals surface area contributed by atoms with Crippen LogP contribution >= 0.6 is 15.9 Å². The normalized spacial score (nSPS) is 11.7. The van der Waals surface area contributed by atoms with Crippen molar-refractivity contribution in [2.75, 3.05) is 0 Å². The second-order valence-electron chi connectivity index (χ2n) is 5.79. The first-order valence-corrected chi connectivity index (χ1v) is 8.41. The van der Waals surface area contributed by atoms with Gasteiger partial charge in [0.05, 0.1) is 11.2 Å². The molecule has 122 valence electrons. The zero-order valence-corrected chi connectivity index (χ0v) is 14.9. The van der Waals surface area contributed by atoms with E-state index in [1.165, 1.54) is 18.2 Å². The Morgan fingerprint density at radius 1 is 1.17 bits per heavy atom. The molecule has 0 aliphatic heterocycles. The van der Waals surface area contributed by atoms with Crippen LogP contribution in [-0.2, 0) is 4.79 Å². The minimum Gasteiger partial charge on any atom is -0.299 e. The minimum atomic E-state index is -0.295. The topological polar surface area (TPSA) is 34.4 Å². The van der Waals surface area contributed by atoms with Crippen LogP contribution < -0.4 is 0 Å². The molecular formula is C19H16BrFN2O. The zero-order chi connectivity index (χ0) is 17.3. The Bertz CT molecular complexity index is 927. The van der Waals surface area contributed by atoms with E-state index >= 15 is 0 Å².